The lowest BCUT2D eigenvalue weighted by atomic mass is 9.95. The first kappa shape index (κ1) is 32.3. The Morgan fingerprint density at radius 2 is 1.71 bits per heavy atom. The highest BCUT2D eigenvalue weighted by Crippen LogP contribution is 2.33. The molecule has 0 bridgehead atoms. The molecule has 7 rings (SSSR count). The number of carbonyl (C=O) groups excluding carboxylic acids is 2. The summed E-state index contributed by atoms with van der Waals surface area (Å²) in [6.45, 7) is 9.71. The van der Waals surface area contributed by atoms with E-state index in [1.807, 2.05) is 51.1 Å². The first-order valence-electron chi connectivity index (χ1n) is 16.3. The van der Waals surface area contributed by atoms with E-state index in [1.165, 1.54) is 6.33 Å². The molecular formula is C35H39ClFN7O4. The van der Waals surface area contributed by atoms with Gasteiger partial charge in [0.1, 0.15) is 41.1 Å². The van der Waals surface area contributed by atoms with Gasteiger partial charge in [0.2, 0.25) is 0 Å². The lowest BCUT2D eigenvalue weighted by Gasteiger charge is -2.55. The van der Waals surface area contributed by atoms with Gasteiger partial charge in [-0.15, -0.1) is 0 Å². The van der Waals surface area contributed by atoms with Crippen LogP contribution in [0.5, 0.6) is 11.5 Å². The lowest BCUT2D eigenvalue weighted by Crippen LogP contribution is -2.71. The molecule has 252 valence electrons. The van der Waals surface area contributed by atoms with Crippen LogP contribution in [0.2, 0.25) is 5.02 Å². The molecule has 48 heavy (non-hydrogen) atoms. The summed E-state index contributed by atoms with van der Waals surface area (Å²) in [6.07, 6.45) is 2.17. The molecule has 2 N–H and O–H groups in total. The van der Waals surface area contributed by atoms with Gasteiger partial charge in [0, 0.05) is 69.2 Å². The summed E-state index contributed by atoms with van der Waals surface area (Å²) < 4.78 is 27.0. The molecule has 3 aliphatic rings. The fourth-order valence-corrected chi connectivity index (χ4v) is 6.80. The molecule has 1 amide bonds. The van der Waals surface area contributed by atoms with Crippen molar-refractivity contribution in [2.24, 2.45) is 0 Å². The molecular weight excluding hydrogens is 637 g/mol. The number of aromatic amines is 1. The van der Waals surface area contributed by atoms with Gasteiger partial charge in [0.15, 0.2) is 5.78 Å². The quantitative estimate of drug-likeness (QED) is 0.225. The fraction of sp³-hybridized carbons (Fsp3) is 0.429. The molecule has 0 unspecified atom stereocenters. The number of hydrogen-bond acceptors (Lipinski definition) is 9. The molecule has 3 saturated heterocycles. The van der Waals surface area contributed by atoms with Crippen molar-refractivity contribution < 1.29 is 23.5 Å². The number of nitrogens with one attached hydrogen (secondary N) is 2. The monoisotopic (exact) mass is 675 g/mol. The van der Waals surface area contributed by atoms with Crippen LogP contribution in [0.1, 0.15) is 43.1 Å². The lowest BCUT2D eigenvalue weighted by molar-refractivity contribution is -0.0662. The van der Waals surface area contributed by atoms with E-state index in [1.54, 1.807) is 29.3 Å². The normalized spacial score (nSPS) is 21.1. The second-order valence-corrected chi connectivity index (χ2v) is 14.1. The summed E-state index contributed by atoms with van der Waals surface area (Å²) in [4.78, 5) is 44.1. The van der Waals surface area contributed by atoms with E-state index in [-0.39, 0.29) is 22.9 Å². The van der Waals surface area contributed by atoms with Gasteiger partial charge in [-0.05, 0) is 51.5 Å². The summed E-state index contributed by atoms with van der Waals surface area (Å²) in [6, 6.07) is 14.4. The van der Waals surface area contributed by atoms with Gasteiger partial charge in [-0.25, -0.2) is 19.2 Å². The Labute approximate surface area is 283 Å². The van der Waals surface area contributed by atoms with Gasteiger partial charge < -0.3 is 24.7 Å². The Bertz CT molecular complexity index is 1800. The third-order valence-electron chi connectivity index (χ3n) is 9.21. The molecule has 3 aliphatic heterocycles. The molecule has 0 spiro atoms. The molecule has 0 saturated carbocycles. The molecule has 4 aromatic rings. The van der Waals surface area contributed by atoms with Crippen molar-refractivity contribution in [2.75, 3.05) is 44.6 Å². The predicted molar refractivity (Wildman–Crippen MR) is 181 cm³/mol. The topological polar surface area (TPSA) is 116 Å². The number of alkyl halides is 1. The van der Waals surface area contributed by atoms with E-state index in [0.29, 0.717) is 71.6 Å². The van der Waals surface area contributed by atoms with Crippen molar-refractivity contribution in [1.82, 2.24) is 29.7 Å². The van der Waals surface area contributed by atoms with Crippen LogP contribution in [0.15, 0.2) is 61.1 Å². The third kappa shape index (κ3) is 6.69. The predicted octanol–water partition coefficient (Wildman–Crippen LogP) is 5.76. The number of piperidine rings is 1. The number of fused-ring (bicyclic) bond motifs is 1. The number of nitrogens with zero attached hydrogens (tertiary/aromatic N) is 5. The van der Waals surface area contributed by atoms with Gasteiger partial charge >= 0.3 is 6.09 Å². The highest BCUT2D eigenvalue weighted by Gasteiger charge is 2.45. The van der Waals surface area contributed by atoms with Gasteiger partial charge in [0.05, 0.1) is 22.0 Å². The van der Waals surface area contributed by atoms with Crippen molar-refractivity contribution in [3.63, 3.8) is 0 Å². The number of hydrogen-bond donors (Lipinski definition) is 2. The van der Waals surface area contributed by atoms with E-state index >= 15 is 4.39 Å². The largest absolute Gasteiger partial charge is 0.457 e. The molecule has 2 aromatic carbocycles. The van der Waals surface area contributed by atoms with Crippen LogP contribution < -0.4 is 10.1 Å². The number of ketones is 1. The van der Waals surface area contributed by atoms with Crippen LogP contribution in [0, 0.1) is 0 Å². The zero-order chi connectivity index (χ0) is 33.6. The summed E-state index contributed by atoms with van der Waals surface area (Å²) in [7, 11) is 0. The molecule has 11 nitrogen and oxygen atoms in total. The Morgan fingerprint density at radius 3 is 2.42 bits per heavy atom. The number of anilines is 1. The number of likely N-dealkylation sites (tertiary alicyclic amines) is 3. The van der Waals surface area contributed by atoms with E-state index < -0.39 is 17.8 Å². The van der Waals surface area contributed by atoms with Crippen LogP contribution in [0.4, 0.5) is 15.0 Å². The molecule has 5 heterocycles. The Kier molecular flexibility index (Phi) is 8.73. The number of aromatic nitrogens is 3. The average Bonchev–Trinajstić information content (AvgIpc) is 3.43. The summed E-state index contributed by atoms with van der Waals surface area (Å²) in [5.41, 5.74) is 0.614. The van der Waals surface area contributed by atoms with Gasteiger partial charge in [-0.1, -0.05) is 29.8 Å². The highest BCUT2D eigenvalue weighted by atomic mass is 35.5. The van der Waals surface area contributed by atoms with Crippen LogP contribution in [0.25, 0.3) is 11.0 Å². The molecule has 13 heteroatoms. The van der Waals surface area contributed by atoms with Gasteiger partial charge in [-0.3, -0.25) is 14.6 Å². The van der Waals surface area contributed by atoms with E-state index in [0.717, 1.165) is 19.6 Å². The number of rotatable bonds is 8. The average molecular weight is 676 g/mol. The van der Waals surface area contributed by atoms with Crippen LogP contribution >= 0.6 is 11.6 Å². The van der Waals surface area contributed by atoms with Gasteiger partial charge in [0.25, 0.3) is 0 Å². The number of ether oxygens (including phenoxy) is 2. The second-order valence-electron chi connectivity index (χ2n) is 13.7. The zero-order valence-corrected chi connectivity index (χ0v) is 27.9. The number of H-pyrrole nitrogens is 1. The summed E-state index contributed by atoms with van der Waals surface area (Å²) >= 11 is 6.57. The maximum Gasteiger partial charge on any atom is 0.410 e. The van der Waals surface area contributed by atoms with Crippen molar-refractivity contribution in [1.29, 1.82) is 0 Å². The number of carbonyl (C=O) groups is 2. The minimum atomic E-state index is -1.13. The second kappa shape index (κ2) is 13.0. The van der Waals surface area contributed by atoms with Crippen LogP contribution in [-0.4, -0.2) is 111 Å². The Hall–Kier alpha value is -4.26. The molecule has 0 radical (unpaired) electrons. The molecule has 3 fully saturated rings. The Balaban J connectivity index is 0.958. The smallest absolute Gasteiger partial charge is 0.410 e. The minimum Gasteiger partial charge on any atom is -0.457 e. The van der Waals surface area contributed by atoms with Crippen LogP contribution in [-0.2, 0) is 4.74 Å². The summed E-state index contributed by atoms with van der Waals surface area (Å²) in [5.74, 6) is 1.26. The highest BCUT2D eigenvalue weighted by molar-refractivity contribution is 6.35. The third-order valence-corrected chi connectivity index (χ3v) is 9.52. The zero-order valence-electron chi connectivity index (χ0n) is 27.2. The molecule has 2 atom stereocenters. The Morgan fingerprint density at radius 1 is 0.958 bits per heavy atom. The first-order valence-corrected chi connectivity index (χ1v) is 16.7. The number of halogens is 2. The number of amides is 1. The standard InChI is InChI=1S/C35H39ClFN7O4/c1-35(2,3)48-34(46)44-17-22(18-44)43-15-21(16-43)42-12-11-29(28(37)19-42)41-33-30-26(14-38-32(30)39-20-40-33)31(45)25-10-9-24(13-27(25)36)47-23-7-5-4-6-8-23/h4-10,13-14,20-22,28-29H,11-12,15-19H2,1-3H3,(H2,38,39,40,41)/t28-,29-/m1/s1. The van der Waals surface area contributed by atoms with Gasteiger partial charge in [-0.2, -0.15) is 0 Å². The SMILES string of the molecule is CC(C)(C)OC(=O)N1CC(N2CC(N3CC[C@@H](Nc4ncnc5[nH]cc(C(=O)c6ccc(Oc7ccccc7)cc6Cl)c45)[C@H](F)C3)C2)C1. The minimum absolute atomic E-state index is 0.248. The van der Waals surface area contributed by atoms with E-state index in [2.05, 4.69) is 30.1 Å². The van der Waals surface area contributed by atoms with Crippen molar-refractivity contribution in [2.45, 2.75) is 57.1 Å². The maximum atomic E-state index is 15.7. The van der Waals surface area contributed by atoms with Crippen molar-refractivity contribution >= 4 is 40.3 Å². The first-order chi connectivity index (χ1) is 23.0. The fourth-order valence-electron chi connectivity index (χ4n) is 6.54. The van der Waals surface area contributed by atoms with E-state index in [9.17, 15) is 9.59 Å². The van der Waals surface area contributed by atoms with Crippen molar-refractivity contribution in [3.8, 4) is 11.5 Å². The van der Waals surface area contributed by atoms with Crippen molar-refractivity contribution in [3.05, 3.63) is 77.2 Å². The van der Waals surface area contributed by atoms with E-state index in [4.69, 9.17) is 21.1 Å². The molecule has 0 aliphatic carbocycles. The molecule has 2 aromatic heterocycles. The van der Waals surface area contributed by atoms with Crippen LogP contribution in [0.3, 0.4) is 0 Å². The summed E-state index contributed by atoms with van der Waals surface area (Å²) in [5, 5.41) is 4.03. The number of benzene rings is 2. The number of para-hydroxylation sites is 1. The maximum absolute atomic E-state index is 15.7.